The van der Waals surface area contributed by atoms with Crippen LogP contribution >= 0.6 is 0 Å². The van der Waals surface area contributed by atoms with Crippen LogP contribution in [0.3, 0.4) is 0 Å². The van der Waals surface area contributed by atoms with Gasteiger partial charge in [-0.3, -0.25) is 9.55 Å². The minimum atomic E-state index is 0.705. The molecule has 0 radical (unpaired) electrons. The lowest BCUT2D eigenvalue weighted by molar-refractivity contribution is 0.965. The molecule has 11 rings (SSSR count). The van der Waals surface area contributed by atoms with Gasteiger partial charge in [0, 0.05) is 56.5 Å². The second-order valence-electron chi connectivity index (χ2n) is 15.0. The molecule has 3 heterocycles. The summed E-state index contributed by atoms with van der Waals surface area (Å²) in [5.41, 5.74) is 14.0. The second kappa shape index (κ2) is 15.4. The fourth-order valence-electron chi connectivity index (χ4n) is 8.47. The van der Waals surface area contributed by atoms with Gasteiger partial charge < -0.3 is 9.80 Å². The van der Waals surface area contributed by atoms with Crippen LogP contribution in [0.4, 0.5) is 34.1 Å². The molecule has 0 aliphatic rings. The van der Waals surface area contributed by atoms with E-state index in [0.717, 1.165) is 89.1 Å². The molecular formula is C55H38N6. The Hall–Kier alpha value is -8.35. The molecule has 0 saturated heterocycles. The molecule has 0 amide bonds. The predicted molar refractivity (Wildman–Crippen MR) is 252 cm³/mol. The Balaban J connectivity index is 1.03. The van der Waals surface area contributed by atoms with E-state index in [2.05, 4.69) is 226 Å². The van der Waals surface area contributed by atoms with Crippen LogP contribution in [0.5, 0.6) is 0 Å². The SMILES string of the molecule is c1ccc(N(c2ccccc2)c2ccc(-c3ccc4c(c3)c3cc(-c5ccc(N(c6ccccc6)c6ccccc6)cc5)ccc3n4-c3nncc4cccnc34)cc2)cc1. The Morgan fingerprint density at radius 1 is 0.361 bits per heavy atom. The number of benzene rings is 8. The van der Waals surface area contributed by atoms with Gasteiger partial charge in [0.1, 0.15) is 5.52 Å². The summed E-state index contributed by atoms with van der Waals surface area (Å²) in [7, 11) is 0. The van der Waals surface area contributed by atoms with Gasteiger partial charge in [0.15, 0.2) is 5.82 Å². The van der Waals surface area contributed by atoms with Crippen molar-refractivity contribution in [2.75, 3.05) is 9.80 Å². The van der Waals surface area contributed by atoms with Gasteiger partial charge in [0.25, 0.3) is 0 Å². The van der Waals surface area contributed by atoms with E-state index in [1.807, 2.05) is 18.3 Å². The summed E-state index contributed by atoms with van der Waals surface area (Å²) in [5.74, 6) is 0.705. The number of nitrogens with zero attached hydrogens (tertiary/aromatic N) is 6. The first-order valence-electron chi connectivity index (χ1n) is 20.4. The van der Waals surface area contributed by atoms with E-state index in [1.165, 1.54) is 0 Å². The molecular weight excluding hydrogens is 745 g/mol. The molecule has 3 aromatic heterocycles. The first-order valence-corrected chi connectivity index (χ1v) is 20.4. The minimum absolute atomic E-state index is 0.705. The van der Waals surface area contributed by atoms with Crippen molar-refractivity contribution in [3.05, 3.63) is 231 Å². The van der Waals surface area contributed by atoms with Gasteiger partial charge in [-0.15, -0.1) is 5.10 Å². The standard InChI is InChI=1S/C55H38N6/c1-5-15-44(16-6-1)59(45-17-7-2-8-18-45)48-29-23-39(24-30-48)41-27-33-52-50(36-41)51-37-42(28-34-53(51)61(52)55-54-43(38-57-58-55)14-13-35-56-54)40-25-31-49(32-26-40)60(46-19-9-3-10-20-46)47-21-11-4-12-22-47/h1-38H. The maximum Gasteiger partial charge on any atom is 0.186 e. The topological polar surface area (TPSA) is 50.1 Å². The van der Waals surface area contributed by atoms with Crippen LogP contribution in [0.15, 0.2) is 231 Å². The van der Waals surface area contributed by atoms with Crippen LogP contribution in [0.2, 0.25) is 0 Å². The number of aromatic nitrogens is 4. The molecule has 0 fully saturated rings. The van der Waals surface area contributed by atoms with Gasteiger partial charge in [0.05, 0.1) is 17.2 Å². The van der Waals surface area contributed by atoms with E-state index in [9.17, 15) is 0 Å². The van der Waals surface area contributed by atoms with Crippen LogP contribution in [0, 0.1) is 0 Å². The summed E-state index contributed by atoms with van der Waals surface area (Å²) in [4.78, 5) is 9.35. The van der Waals surface area contributed by atoms with Crippen molar-refractivity contribution in [1.29, 1.82) is 0 Å². The molecule has 288 valence electrons. The fourth-order valence-corrected chi connectivity index (χ4v) is 8.47. The second-order valence-corrected chi connectivity index (χ2v) is 15.0. The molecule has 0 aliphatic heterocycles. The third kappa shape index (κ3) is 6.62. The molecule has 0 unspecified atom stereocenters. The number of rotatable bonds is 9. The quantitative estimate of drug-likeness (QED) is 0.146. The molecule has 0 spiro atoms. The molecule has 0 bridgehead atoms. The van der Waals surface area contributed by atoms with Gasteiger partial charge in [0.2, 0.25) is 0 Å². The number of hydrogen-bond acceptors (Lipinski definition) is 5. The maximum absolute atomic E-state index is 4.78. The van der Waals surface area contributed by atoms with Crippen molar-refractivity contribution in [1.82, 2.24) is 19.7 Å². The molecule has 6 heteroatoms. The fraction of sp³-hybridized carbons (Fsp3) is 0. The smallest absolute Gasteiger partial charge is 0.186 e. The first-order chi connectivity index (χ1) is 30.3. The zero-order chi connectivity index (χ0) is 40.5. The highest BCUT2D eigenvalue weighted by molar-refractivity contribution is 6.12. The van der Waals surface area contributed by atoms with Crippen LogP contribution < -0.4 is 9.80 Å². The predicted octanol–water partition coefficient (Wildman–Crippen LogP) is 14.4. The highest BCUT2D eigenvalue weighted by Gasteiger charge is 2.19. The molecule has 61 heavy (non-hydrogen) atoms. The van der Waals surface area contributed by atoms with Crippen molar-refractivity contribution >= 4 is 66.8 Å². The van der Waals surface area contributed by atoms with Gasteiger partial charge in [-0.25, -0.2) is 0 Å². The Labute approximate surface area is 353 Å². The first kappa shape index (κ1) is 35.8. The number of hydrogen-bond donors (Lipinski definition) is 0. The van der Waals surface area contributed by atoms with Gasteiger partial charge in [-0.2, -0.15) is 5.10 Å². The van der Waals surface area contributed by atoms with Gasteiger partial charge >= 0.3 is 0 Å². The third-order valence-corrected chi connectivity index (χ3v) is 11.4. The summed E-state index contributed by atoms with van der Waals surface area (Å²) >= 11 is 0. The number of fused-ring (bicyclic) bond motifs is 4. The number of para-hydroxylation sites is 4. The van der Waals surface area contributed by atoms with Crippen LogP contribution in [-0.2, 0) is 0 Å². The van der Waals surface area contributed by atoms with Gasteiger partial charge in [-0.05, 0) is 131 Å². The Morgan fingerprint density at radius 3 is 1.18 bits per heavy atom. The van der Waals surface area contributed by atoms with E-state index in [-0.39, 0.29) is 0 Å². The lowest BCUT2D eigenvalue weighted by Gasteiger charge is -2.25. The molecule has 11 aromatic rings. The zero-order valence-electron chi connectivity index (χ0n) is 33.1. The molecule has 0 saturated carbocycles. The van der Waals surface area contributed by atoms with Crippen molar-refractivity contribution in [3.63, 3.8) is 0 Å². The largest absolute Gasteiger partial charge is 0.311 e. The molecule has 0 atom stereocenters. The lowest BCUT2D eigenvalue weighted by atomic mass is 9.99. The van der Waals surface area contributed by atoms with E-state index < -0.39 is 0 Å². The number of anilines is 6. The van der Waals surface area contributed by atoms with Crippen molar-refractivity contribution in [2.45, 2.75) is 0 Å². The lowest BCUT2D eigenvalue weighted by Crippen LogP contribution is -2.09. The molecule has 0 aliphatic carbocycles. The molecule has 6 nitrogen and oxygen atoms in total. The van der Waals surface area contributed by atoms with E-state index in [1.54, 1.807) is 6.20 Å². The average molecular weight is 783 g/mol. The summed E-state index contributed by atoms with van der Waals surface area (Å²) in [6, 6.07) is 77.1. The van der Waals surface area contributed by atoms with Crippen molar-refractivity contribution in [3.8, 4) is 28.1 Å². The highest BCUT2D eigenvalue weighted by atomic mass is 15.2. The summed E-state index contributed by atoms with van der Waals surface area (Å²) in [6.07, 6.45) is 3.59. The van der Waals surface area contributed by atoms with E-state index >= 15 is 0 Å². The number of pyridine rings is 1. The van der Waals surface area contributed by atoms with E-state index in [0.29, 0.717) is 5.82 Å². The monoisotopic (exact) mass is 782 g/mol. The summed E-state index contributed by atoms with van der Waals surface area (Å²) in [5, 5.41) is 12.3. The highest BCUT2D eigenvalue weighted by Crippen LogP contribution is 2.41. The maximum atomic E-state index is 4.78. The van der Waals surface area contributed by atoms with Crippen LogP contribution in [-0.4, -0.2) is 19.7 Å². The van der Waals surface area contributed by atoms with Crippen molar-refractivity contribution < 1.29 is 0 Å². The minimum Gasteiger partial charge on any atom is -0.311 e. The zero-order valence-corrected chi connectivity index (χ0v) is 33.1. The average Bonchev–Trinajstić information content (AvgIpc) is 3.66. The molecule has 0 N–H and O–H groups in total. The summed E-state index contributed by atoms with van der Waals surface area (Å²) in [6.45, 7) is 0. The Kier molecular flexibility index (Phi) is 9.06. The Morgan fingerprint density at radius 2 is 0.754 bits per heavy atom. The van der Waals surface area contributed by atoms with Gasteiger partial charge in [-0.1, -0.05) is 109 Å². The van der Waals surface area contributed by atoms with Crippen LogP contribution in [0.25, 0.3) is 60.8 Å². The Bertz CT molecular complexity index is 3010. The molecule has 8 aromatic carbocycles. The van der Waals surface area contributed by atoms with Crippen LogP contribution in [0.1, 0.15) is 0 Å². The summed E-state index contributed by atoms with van der Waals surface area (Å²) < 4.78 is 2.21. The third-order valence-electron chi connectivity index (χ3n) is 11.4. The van der Waals surface area contributed by atoms with Crippen molar-refractivity contribution in [2.24, 2.45) is 0 Å². The van der Waals surface area contributed by atoms with E-state index in [4.69, 9.17) is 10.1 Å². The normalized spacial score (nSPS) is 11.3.